The predicted octanol–water partition coefficient (Wildman–Crippen LogP) is 3.70. The van der Waals surface area contributed by atoms with Crippen molar-refractivity contribution in [2.75, 3.05) is 19.7 Å². The van der Waals surface area contributed by atoms with E-state index < -0.39 is 0 Å². The molecular weight excluding hydrogens is 306 g/mol. The number of likely N-dealkylation sites (tertiary alicyclic amines) is 1. The van der Waals surface area contributed by atoms with Crippen LogP contribution in [0.2, 0.25) is 0 Å². The van der Waals surface area contributed by atoms with Gasteiger partial charge in [0.25, 0.3) is 0 Å². The molecule has 0 aliphatic carbocycles. The molecule has 1 aliphatic rings. The Labute approximate surface area is 147 Å². The number of unbranched alkanes of at least 4 members (excludes halogenated alkanes) is 5. The number of esters is 2. The summed E-state index contributed by atoms with van der Waals surface area (Å²) in [5.74, 6) is -0.347. The first-order valence-corrected chi connectivity index (χ1v) is 9.72. The Morgan fingerprint density at radius 1 is 1.00 bits per heavy atom. The highest BCUT2D eigenvalue weighted by atomic mass is 16.5. The van der Waals surface area contributed by atoms with Crippen molar-refractivity contribution < 1.29 is 19.1 Å². The fourth-order valence-corrected chi connectivity index (χ4v) is 3.07. The van der Waals surface area contributed by atoms with Crippen LogP contribution < -0.4 is 0 Å². The van der Waals surface area contributed by atoms with Crippen LogP contribution in [0.1, 0.15) is 78.6 Å². The normalized spacial score (nSPS) is 21.0. The molecule has 0 aromatic rings. The first-order valence-electron chi connectivity index (χ1n) is 9.72. The van der Waals surface area contributed by atoms with Crippen molar-refractivity contribution in [3.05, 3.63) is 0 Å². The molecule has 140 valence electrons. The maximum atomic E-state index is 12.4. The molecule has 24 heavy (non-hydrogen) atoms. The third-order valence-electron chi connectivity index (χ3n) is 4.52. The molecule has 0 N–H and O–H groups in total. The molecule has 0 saturated carbocycles. The summed E-state index contributed by atoms with van der Waals surface area (Å²) in [5, 5.41) is 0. The van der Waals surface area contributed by atoms with Gasteiger partial charge in [0.1, 0.15) is 12.1 Å². The van der Waals surface area contributed by atoms with Crippen LogP contribution in [0.25, 0.3) is 0 Å². The van der Waals surface area contributed by atoms with Crippen LogP contribution in [0.3, 0.4) is 0 Å². The highest BCUT2D eigenvalue weighted by Gasteiger charge is 2.39. The van der Waals surface area contributed by atoms with E-state index in [0.717, 1.165) is 38.6 Å². The van der Waals surface area contributed by atoms with E-state index >= 15 is 0 Å². The smallest absolute Gasteiger partial charge is 0.323 e. The van der Waals surface area contributed by atoms with Gasteiger partial charge in [-0.2, -0.15) is 0 Å². The molecule has 0 radical (unpaired) electrons. The average Bonchev–Trinajstić information content (AvgIpc) is 2.97. The van der Waals surface area contributed by atoms with Gasteiger partial charge in [0, 0.05) is 19.4 Å². The molecule has 0 spiro atoms. The van der Waals surface area contributed by atoms with Gasteiger partial charge in [-0.1, -0.05) is 52.9 Å². The average molecular weight is 341 g/mol. The van der Waals surface area contributed by atoms with E-state index in [1.165, 1.54) is 12.8 Å². The number of rotatable bonds is 12. The summed E-state index contributed by atoms with van der Waals surface area (Å²) in [6.07, 6.45) is 8.49. The minimum atomic E-state index is -0.261. The second-order valence-electron chi connectivity index (χ2n) is 6.65. The maximum Gasteiger partial charge on any atom is 0.323 e. The van der Waals surface area contributed by atoms with Gasteiger partial charge in [0.2, 0.25) is 0 Å². The molecule has 1 rings (SSSR count). The molecule has 2 atom stereocenters. The van der Waals surface area contributed by atoms with Crippen molar-refractivity contribution in [2.24, 2.45) is 0 Å². The monoisotopic (exact) mass is 341 g/mol. The minimum Gasteiger partial charge on any atom is -0.465 e. The maximum absolute atomic E-state index is 12.4. The van der Waals surface area contributed by atoms with Gasteiger partial charge in [-0.3, -0.25) is 14.5 Å². The lowest BCUT2D eigenvalue weighted by atomic mass is 10.2. The second kappa shape index (κ2) is 12.3. The third kappa shape index (κ3) is 7.65. The molecule has 1 unspecified atom stereocenters. The molecule has 5 heteroatoms. The molecule has 0 bridgehead atoms. The van der Waals surface area contributed by atoms with Crippen LogP contribution in [0.15, 0.2) is 0 Å². The highest BCUT2D eigenvalue weighted by Crippen LogP contribution is 2.23. The van der Waals surface area contributed by atoms with E-state index in [9.17, 15) is 9.59 Å². The van der Waals surface area contributed by atoms with E-state index in [1.54, 1.807) is 6.92 Å². The van der Waals surface area contributed by atoms with Crippen molar-refractivity contribution in [3.8, 4) is 0 Å². The molecule has 0 aromatic carbocycles. The summed E-state index contributed by atoms with van der Waals surface area (Å²) in [7, 11) is 0. The van der Waals surface area contributed by atoms with Crippen LogP contribution in [0.4, 0.5) is 0 Å². The summed E-state index contributed by atoms with van der Waals surface area (Å²) >= 11 is 0. The van der Waals surface area contributed by atoms with Gasteiger partial charge in [0.05, 0.1) is 6.61 Å². The second-order valence-corrected chi connectivity index (χ2v) is 6.65. The van der Waals surface area contributed by atoms with E-state index in [0.29, 0.717) is 26.0 Å². The summed E-state index contributed by atoms with van der Waals surface area (Å²) in [6.45, 7) is 8.12. The largest absolute Gasteiger partial charge is 0.465 e. The van der Waals surface area contributed by atoms with Crippen LogP contribution in [0, 0.1) is 0 Å². The molecule has 1 fully saturated rings. The van der Waals surface area contributed by atoms with Crippen LogP contribution >= 0.6 is 0 Å². The molecule has 1 aliphatic heterocycles. The first kappa shape index (κ1) is 20.9. The lowest BCUT2D eigenvalue weighted by Gasteiger charge is -2.22. The fourth-order valence-electron chi connectivity index (χ4n) is 3.07. The molecular formula is C19H35NO4. The first-order chi connectivity index (χ1) is 11.6. The summed E-state index contributed by atoms with van der Waals surface area (Å²) in [4.78, 5) is 26.1. The predicted molar refractivity (Wildman–Crippen MR) is 94.8 cm³/mol. The van der Waals surface area contributed by atoms with Crippen LogP contribution in [-0.2, 0) is 19.1 Å². The van der Waals surface area contributed by atoms with Crippen molar-refractivity contribution >= 4 is 11.9 Å². The Balaban J connectivity index is 2.47. The standard InChI is InChI=1S/C19H35NO4/c1-4-7-9-11-13-23-19(22)17-14-16(24-18(21)6-3)15-20(17)12-10-8-5-2/h16-17H,4-15H2,1-3H3/t16?,17-/m0/s1. The zero-order valence-corrected chi connectivity index (χ0v) is 15.7. The summed E-state index contributed by atoms with van der Waals surface area (Å²) in [6, 6.07) is -0.261. The Morgan fingerprint density at radius 3 is 2.38 bits per heavy atom. The lowest BCUT2D eigenvalue weighted by molar-refractivity contribution is -0.151. The van der Waals surface area contributed by atoms with Gasteiger partial charge in [0.15, 0.2) is 0 Å². The van der Waals surface area contributed by atoms with Crippen molar-refractivity contribution in [3.63, 3.8) is 0 Å². The minimum absolute atomic E-state index is 0.155. The van der Waals surface area contributed by atoms with Crippen molar-refractivity contribution in [2.45, 2.75) is 90.7 Å². The lowest BCUT2D eigenvalue weighted by Crippen LogP contribution is -2.38. The number of hydrogen-bond acceptors (Lipinski definition) is 5. The number of nitrogens with zero attached hydrogens (tertiary/aromatic N) is 1. The Bertz CT molecular complexity index is 372. The van der Waals surface area contributed by atoms with E-state index in [-0.39, 0.29) is 24.1 Å². The quantitative estimate of drug-likeness (QED) is 0.400. The summed E-state index contributed by atoms with van der Waals surface area (Å²) in [5.41, 5.74) is 0. The molecule has 1 heterocycles. The van der Waals surface area contributed by atoms with Crippen LogP contribution in [0.5, 0.6) is 0 Å². The number of hydrogen-bond donors (Lipinski definition) is 0. The summed E-state index contributed by atoms with van der Waals surface area (Å²) < 4.78 is 10.9. The molecule has 5 nitrogen and oxygen atoms in total. The fraction of sp³-hybridized carbons (Fsp3) is 0.895. The van der Waals surface area contributed by atoms with Gasteiger partial charge < -0.3 is 9.47 Å². The topological polar surface area (TPSA) is 55.8 Å². The Hall–Kier alpha value is -1.10. The van der Waals surface area contributed by atoms with Crippen molar-refractivity contribution in [1.29, 1.82) is 0 Å². The van der Waals surface area contributed by atoms with Gasteiger partial charge in [-0.25, -0.2) is 0 Å². The van der Waals surface area contributed by atoms with Crippen molar-refractivity contribution in [1.82, 2.24) is 4.90 Å². The Kier molecular flexibility index (Phi) is 10.7. The van der Waals surface area contributed by atoms with E-state index in [4.69, 9.17) is 9.47 Å². The molecule has 1 saturated heterocycles. The Morgan fingerprint density at radius 2 is 1.71 bits per heavy atom. The highest BCUT2D eigenvalue weighted by molar-refractivity contribution is 5.76. The van der Waals surface area contributed by atoms with Gasteiger partial charge in [-0.05, 0) is 19.4 Å². The number of carbonyl (C=O) groups is 2. The van der Waals surface area contributed by atoms with Gasteiger partial charge >= 0.3 is 11.9 Å². The zero-order valence-electron chi connectivity index (χ0n) is 15.7. The van der Waals surface area contributed by atoms with Gasteiger partial charge in [-0.15, -0.1) is 0 Å². The number of ether oxygens (including phenoxy) is 2. The van der Waals surface area contributed by atoms with E-state index in [1.807, 2.05) is 0 Å². The zero-order chi connectivity index (χ0) is 17.8. The SMILES string of the molecule is CCCCCCOC(=O)[C@@H]1CC(OC(=O)CC)CN1CCCCC. The van der Waals surface area contributed by atoms with E-state index in [2.05, 4.69) is 18.7 Å². The number of carbonyl (C=O) groups excluding carboxylic acids is 2. The molecule has 0 aromatic heterocycles. The third-order valence-corrected chi connectivity index (χ3v) is 4.52. The van der Waals surface area contributed by atoms with Crippen LogP contribution in [-0.4, -0.2) is 48.7 Å². The molecule has 0 amide bonds.